The molecule has 1 N–H and O–H groups in total. The van der Waals surface area contributed by atoms with Crippen molar-refractivity contribution < 1.29 is 27.8 Å². The summed E-state index contributed by atoms with van der Waals surface area (Å²) in [7, 11) is 0. The Kier molecular flexibility index (Phi) is 5.99. The van der Waals surface area contributed by atoms with E-state index in [1.165, 1.54) is 43.5 Å². The Morgan fingerprint density at radius 1 is 1.19 bits per heavy atom. The molecule has 1 saturated carbocycles. The molecular formula is C23H24F3N3O3. The van der Waals surface area contributed by atoms with Crippen LogP contribution >= 0.6 is 0 Å². The van der Waals surface area contributed by atoms with Gasteiger partial charge in [0.05, 0.1) is 23.1 Å². The van der Waals surface area contributed by atoms with Gasteiger partial charge >= 0.3 is 12.3 Å². The summed E-state index contributed by atoms with van der Waals surface area (Å²) >= 11 is 0. The second-order valence-corrected chi connectivity index (χ2v) is 8.16. The molecule has 0 bridgehead atoms. The lowest BCUT2D eigenvalue weighted by Crippen LogP contribution is -2.17. The lowest BCUT2D eigenvalue weighted by Gasteiger charge is -2.24. The Morgan fingerprint density at radius 2 is 1.88 bits per heavy atom. The van der Waals surface area contributed by atoms with Gasteiger partial charge in [0.15, 0.2) is 0 Å². The fourth-order valence-electron chi connectivity index (χ4n) is 4.36. The third-order valence-corrected chi connectivity index (χ3v) is 5.98. The van der Waals surface area contributed by atoms with Crippen molar-refractivity contribution in [2.75, 3.05) is 0 Å². The third-order valence-electron chi connectivity index (χ3n) is 5.98. The Balaban J connectivity index is 1.63. The van der Waals surface area contributed by atoms with Crippen LogP contribution < -0.4 is 4.74 Å². The number of alkyl halides is 3. The van der Waals surface area contributed by atoms with Crippen LogP contribution in [0.1, 0.15) is 48.2 Å². The maximum absolute atomic E-state index is 12.4. The number of hydrogen-bond donors (Lipinski definition) is 1. The van der Waals surface area contributed by atoms with E-state index in [0.717, 1.165) is 30.6 Å². The number of aromatic nitrogens is 3. The summed E-state index contributed by atoms with van der Waals surface area (Å²) in [5, 5.41) is 14.0. The summed E-state index contributed by atoms with van der Waals surface area (Å²) in [5.41, 5.74) is 3.05. The number of nitrogens with zero attached hydrogens (tertiary/aromatic N) is 3. The number of halogens is 3. The van der Waals surface area contributed by atoms with Crippen LogP contribution in [0.15, 0.2) is 42.7 Å². The number of carboxylic acids is 1. The lowest BCUT2D eigenvalue weighted by molar-refractivity contribution is -0.274. The molecule has 1 fully saturated rings. The minimum atomic E-state index is -4.75. The summed E-state index contributed by atoms with van der Waals surface area (Å²) in [4.78, 5) is 11.7. The molecule has 0 aliphatic heterocycles. The zero-order chi connectivity index (χ0) is 22.9. The number of ether oxygens (including phenoxy) is 1. The molecule has 170 valence electrons. The molecule has 0 radical (unpaired) electrons. The Bertz CT molecular complexity index is 1090. The maximum Gasteiger partial charge on any atom is 0.573 e. The van der Waals surface area contributed by atoms with Gasteiger partial charge in [0.25, 0.3) is 0 Å². The van der Waals surface area contributed by atoms with Crippen LogP contribution in [-0.4, -0.2) is 31.8 Å². The minimum absolute atomic E-state index is 0.261. The first kappa shape index (κ1) is 22.0. The first-order valence-electron chi connectivity index (χ1n) is 10.6. The van der Waals surface area contributed by atoms with E-state index in [1.54, 1.807) is 23.1 Å². The zero-order valence-corrected chi connectivity index (χ0v) is 17.6. The first-order valence-corrected chi connectivity index (χ1v) is 10.6. The number of carboxylic acid groups (broad SMARTS) is 1. The summed E-state index contributed by atoms with van der Waals surface area (Å²) in [5.74, 6) is -0.776. The summed E-state index contributed by atoms with van der Waals surface area (Å²) in [6.07, 6.45) is 4.53. The van der Waals surface area contributed by atoms with Crippen molar-refractivity contribution in [2.24, 2.45) is 5.92 Å². The number of benzene rings is 1. The van der Waals surface area contributed by atoms with E-state index in [-0.39, 0.29) is 11.3 Å². The fraction of sp³-hybridized carbons (Fsp3) is 0.391. The maximum atomic E-state index is 12.4. The molecule has 2 heterocycles. The molecule has 32 heavy (non-hydrogen) atoms. The number of rotatable bonds is 6. The smallest absolute Gasteiger partial charge is 0.478 e. The first-order chi connectivity index (χ1) is 15.2. The van der Waals surface area contributed by atoms with E-state index in [1.807, 2.05) is 6.92 Å². The van der Waals surface area contributed by atoms with Crippen molar-refractivity contribution in [3.8, 4) is 22.7 Å². The molecular weight excluding hydrogens is 423 g/mol. The molecule has 0 saturated heterocycles. The highest BCUT2D eigenvalue weighted by Gasteiger charge is 2.31. The van der Waals surface area contributed by atoms with Crippen LogP contribution in [0.5, 0.6) is 5.75 Å². The third kappa shape index (κ3) is 4.81. The van der Waals surface area contributed by atoms with Crippen LogP contribution in [0.25, 0.3) is 16.9 Å². The van der Waals surface area contributed by atoms with E-state index in [4.69, 9.17) is 0 Å². The molecule has 0 spiro atoms. The molecule has 6 nitrogen and oxygen atoms in total. The van der Waals surface area contributed by atoms with Gasteiger partial charge in [0.2, 0.25) is 0 Å². The highest BCUT2D eigenvalue weighted by Crippen LogP contribution is 2.32. The zero-order valence-electron chi connectivity index (χ0n) is 17.6. The molecule has 0 amide bonds. The SMILES string of the molecule is Cc1c(C(=O)O)cc(-c2cnn(-c3ccc(OC(F)(F)F)cc3)c2)n1CC1CCCCC1. The molecule has 1 aliphatic rings. The van der Waals surface area contributed by atoms with Crippen molar-refractivity contribution in [1.29, 1.82) is 0 Å². The van der Waals surface area contributed by atoms with Gasteiger partial charge in [-0.1, -0.05) is 19.3 Å². The van der Waals surface area contributed by atoms with Crippen molar-refractivity contribution >= 4 is 5.97 Å². The Labute approximate surface area is 183 Å². The normalized spacial score (nSPS) is 15.1. The van der Waals surface area contributed by atoms with Crippen LogP contribution in [0.2, 0.25) is 0 Å². The Morgan fingerprint density at radius 3 is 2.50 bits per heavy atom. The van der Waals surface area contributed by atoms with Crippen LogP contribution in [0.4, 0.5) is 13.2 Å². The predicted molar refractivity (Wildman–Crippen MR) is 112 cm³/mol. The van der Waals surface area contributed by atoms with E-state index in [2.05, 4.69) is 14.4 Å². The van der Waals surface area contributed by atoms with Gasteiger partial charge in [0, 0.05) is 24.0 Å². The van der Waals surface area contributed by atoms with Crippen molar-refractivity contribution in [3.63, 3.8) is 0 Å². The van der Waals surface area contributed by atoms with Crippen molar-refractivity contribution in [3.05, 3.63) is 54.0 Å². The van der Waals surface area contributed by atoms with Gasteiger partial charge in [0.1, 0.15) is 5.75 Å². The van der Waals surface area contributed by atoms with Gasteiger partial charge in [-0.2, -0.15) is 5.10 Å². The second kappa shape index (κ2) is 8.72. The topological polar surface area (TPSA) is 69.3 Å². The summed E-state index contributed by atoms with van der Waals surface area (Å²) in [6, 6.07) is 7.08. The average Bonchev–Trinajstić information content (AvgIpc) is 3.34. The minimum Gasteiger partial charge on any atom is -0.478 e. The molecule has 4 rings (SSSR count). The quantitative estimate of drug-likeness (QED) is 0.517. The van der Waals surface area contributed by atoms with Gasteiger partial charge < -0.3 is 14.4 Å². The number of hydrogen-bond acceptors (Lipinski definition) is 3. The van der Waals surface area contributed by atoms with Crippen LogP contribution in [-0.2, 0) is 6.54 Å². The van der Waals surface area contributed by atoms with E-state index >= 15 is 0 Å². The van der Waals surface area contributed by atoms with Gasteiger partial charge in [-0.3, -0.25) is 0 Å². The second-order valence-electron chi connectivity index (χ2n) is 8.16. The van der Waals surface area contributed by atoms with Gasteiger partial charge in [-0.25, -0.2) is 9.48 Å². The standard InChI is InChI=1S/C23H24F3N3O3/c1-15-20(22(30)31)11-21(28(15)13-16-5-3-2-4-6-16)17-12-27-29(14-17)18-7-9-19(10-8-18)32-23(24,25)26/h7-12,14,16H,2-6,13H2,1H3,(H,30,31). The Hall–Kier alpha value is -3.23. The van der Waals surface area contributed by atoms with E-state index < -0.39 is 12.3 Å². The highest BCUT2D eigenvalue weighted by molar-refractivity contribution is 5.91. The number of carbonyl (C=O) groups is 1. The fourth-order valence-corrected chi connectivity index (χ4v) is 4.36. The molecule has 9 heteroatoms. The van der Waals surface area contributed by atoms with E-state index in [0.29, 0.717) is 17.3 Å². The molecule has 1 aromatic carbocycles. The molecule has 1 aliphatic carbocycles. The molecule has 0 unspecified atom stereocenters. The monoisotopic (exact) mass is 447 g/mol. The number of aromatic carboxylic acids is 1. The molecule has 3 aromatic rings. The molecule has 2 aromatic heterocycles. The largest absolute Gasteiger partial charge is 0.573 e. The summed E-state index contributed by atoms with van der Waals surface area (Å²) < 4.78 is 44.6. The van der Waals surface area contributed by atoms with Crippen molar-refractivity contribution in [2.45, 2.75) is 51.9 Å². The predicted octanol–water partition coefficient (Wildman–Crippen LogP) is 5.83. The van der Waals surface area contributed by atoms with Crippen LogP contribution in [0, 0.1) is 12.8 Å². The lowest BCUT2D eigenvalue weighted by atomic mass is 9.89. The van der Waals surface area contributed by atoms with Crippen LogP contribution in [0.3, 0.4) is 0 Å². The highest BCUT2D eigenvalue weighted by atomic mass is 19.4. The van der Waals surface area contributed by atoms with Crippen molar-refractivity contribution in [1.82, 2.24) is 14.3 Å². The van der Waals surface area contributed by atoms with Gasteiger partial charge in [-0.15, -0.1) is 13.2 Å². The van der Waals surface area contributed by atoms with E-state index in [9.17, 15) is 23.1 Å². The average molecular weight is 447 g/mol. The summed E-state index contributed by atoms with van der Waals surface area (Å²) in [6.45, 7) is 2.57. The molecule has 0 atom stereocenters. The van der Waals surface area contributed by atoms with Gasteiger partial charge in [-0.05, 0) is 56.0 Å².